The zero-order valence-electron chi connectivity index (χ0n) is 7.03. The van der Waals surface area contributed by atoms with E-state index in [1.807, 2.05) is 6.07 Å². The van der Waals surface area contributed by atoms with Crippen LogP contribution in [0.15, 0.2) is 28.7 Å². The van der Waals surface area contributed by atoms with Gasteiger partial charge < -0.3 is 9.84 Å². The molecule has 1 rings (SSSR count). The highest BCUT2D eigenvalue weighted by atomic mass is 79.9. The quantitative estimate of drug-likeness (QED) is 0.888. The van der Waals surface area contributed by atoms with Gasteiger partial charge in [-0.3, -0.25) is 0 Å². The Morgan fingerprint density at radius 3 is 2.62 bits per heavy atom. The third-order valence-corrected chi connectivity index (χ3v) is 2.37. The average molecular weight is 245 g/mol. The molecule has 0 heterocycles. The molecule has 0 saturated heterocycles. The lowest BCUT2D eigenvalue weighted by molar-refractivity contribution is -0.148. The van der Waals surface area contributed by atoms with Crippen molar-refractivity contribution in [3.05, 3.63) is 34.3 Å². The van der Waals surface area contributed by atoms with Gasteiger partial charge in [-0.1, -0.05) is 34.1 Å². The number of hydrogen-bond acceptors (Lipinski definition) is 2. The van der Waals surface area contributed by atoms with Gasteiger partial charge in [-0.25, -0.2) is 4.79 Å². The number of carboxylic acids is 1. The van der Waals surface area contributed by atoms with Crippen LogP contribution in [0, 0.1) is 0 Å². The summed E-state index contributed by atoms with van der Waals surface area (Å²) in [7, 11) is 1.37. The van der Waals surface area contributed by atoms with Gasteiger partial charge in [0.15, 0.2) is 6.10 Å². The van der Waals surface area contributed by atoms with Gasteiger partial charge in [-0.2, -0.15) is 0 Å². The van der Waals surface area contributed by atoms with Crippen LogP contribution in [0.4, 0.5) is 0 Å². The summed E-state index contributed by atoms with van der Waals surface area (Å²) in [5.74, 6) is -0.991. The Bertz CT molecular complexity index is 311. The zero-order valence-corrected chi connectivity index (χ0v) is 8.61. The number of carbonyl (C=O) groups is 1. The summed E-state index contributed by atoms with van der Waals surface area (Å²) in [6.07, 6.45) is -0.907. The fourth-order valence-electron chi connectivity index (χ4n) is 1.05. The molecular weight excluding hydrogens is 236 g/mol. The highest BCUT2D eigenvalue weighted by Crippen LogP contribution is 2.25. The first-order valence-corrected chi connectivity index (χ1v) is 4.46. The highest BCUT2D eigenvalue weighted by molar-refractivity contribution is 9.10. The summed E-state index contributed by atoms with van der Waals surface area (Å²) >= 11 is 3.26. The molecule has 1 N–H and O–H groups in total. The van der Waals surface area contributed by atoms with E-state index in [9.17, 15) is 4.79 Å². The molecule has 0 amide bonds. The second-order valence-electron chi connectivity index (χ2n) is 2.48. The number of halogens is 1. The van der Waals surface area contributed by atoms with Crippen LogP contribution in [0.5, 0.6) is 0 Å². The third-order valence-electron chi connectivity index (χ3n) is 1.65. The SMILES string of the molecule is CO[C@H](C(=O)O)c1ccccc1Br. The van der Waals surface area contributed by atoms with Crippen molar-refractivity contribution in [2.45, 2.75) is 6.10 Å². The number of benzene rings is 1. The predicted molar refractivity (Wildman–Crippen MR) is 51.5 cm³/mol. The van der Waals surface area contributed by atoms with E-state index >= 15 is 0 Å². The van der Waals surface area contributed by atoms with Crippen molar-refractivity contribution in [1.82, 2.24) is 0 Å². The van der Waals surface area contributed by atoms with Gasteiger partial charge in [0.05, 0.1) is 0 Å². The second-order valence-corrected chi connectivity index (χ2v) is 3.33. The maximum atomic E-state index is 10.7. The lowest BCUT2D eigenvalue weighted by atomic mass is 10.1. The third kappa shape index (κ3) is 2.29. The molecule has 1 aromatic rings. The summed E-state index contributed by atoms with van der Waals surface area (Å²) < 4.78 is 5.59. The van der Waals surface area contributed by atoms with Gasteiger partial charge in [0.2, 0.25) is 0 Å². The first kappa shape index (κ1) is 10.2. The summed E-state index contributed by atoms with van der Waals surface area (Å²) in [5.41, 5.74) is 0.623. The minimum Gasteiger partial charge on any atom is -0.479 e. The molecule has 0 aliphatic rings. The van der Waals surface area contributed by atoms with Gasteiger partial charge in [0, 0.05) is 17.1 Å². The highest BCUT2D eigenvalue weighted by Gasteiger charge is 2.20. The Labute approximate surface area is 84.5 Å². The van der Waals surface area contributed by atoms with Crippen molar-refractivity contribution in [1.29, 1.82) is 0 Å². The zero-order chi connectivity index (χ0) is 9.84. The van der Waals surface area contributed by atoms with E-state index < -0.39 is 12.1 Å². The molecule has 0 bridgehead atoms. The van der Waals surface area contributed by atoms with Crippen LogP contribution in [-0.2, 0) is 9.53 Å². The topological polar surface area (TPSA) is 46.5 Å². The molecule has 0 saturated carbocycles. The normalized spacial score (nSPS) is 12.5. The van der Waals surface area contributed by atoms with Crippen molar-refractivity contribution < 1.29 is 14.6 Å². The summed E-state index contributed by atoms with van der Waals surface area (Å²) in [6.45, 7) is 0. The molecule has 70 valence electrons. The Morgan fingerprint density at radius 2 is 2.15 bits per heavy atom. The van der Waals surface area contributed by atoms with Crippen molar-refractivity contribution in [2.75, 3.05) is 7.11 Å². The molecular formula is C9H9BrO3. The predicted octanol–water partition coefficient (Wildman–Crippen LogP) is 2.22. The number of hydrogen-bond donors (Lipinski definition) is 1. The van der Waals surface area contributed by atoms with Gasteiger partial charge in [-0.05, 0) is 6.07 Å². The summed E-state index contributed by atoms with van der Waals surface area (Å²) in [5, 5.41) is 8.81. The molecule has 0 aliphatic carbocycles. The van der Waals surface area contributed by atoms with Gasteiger partial charge in [-0.15, -0.1) is 0 Å². The number of carboxylic acid groups (broad SMARTS) is 1. The van der Waals surface area contributed by atoms with Crippen LogP contribution >= 0.6 is 15.9 Å². The molecule has 13 heavy (non-hydrogen) atoms. The van der Waals surface area contributed by atoms with Crippen LogP contribution < -0.4 is 0 Å². The lowest BCUT2D eigenvalue weighted by Gasteiger charge is -2.11. The molecule has 4 heteroatoms. The molecule has 1 atom stereocenters. The Hall–Kier alpha value is -0.870. The Balaban J connectivity index is 3.04. The maximum Gasteiger partial charge on any atom is 0.337 e. The smallest absolute Gasteiger partial charge is 0.337 e. The van der Waals surface area contributed by atoms with Gasteiger partial charge in [0.1, 0.15) is 0 Å². The van der Waals surface area contributed by atoms with E-state index in [4.69, 9.17) is 9.84 Å². The lowest BCUT2D eigenvalue weighted by Crippen LogP contribution is -2.13. The van der Waals surface area contributed by atoms with Crippen LogP contribution in [0.25, 0.3) is 0 Å². The van der Waals surface area contributed by atoms with Crippen molar-refractivity contribution in [2.24, 2.45) is 0 Å². The molecule has 0 spiro atoms. The number of rotatable bonds is 3. The van der Waals surface area contributed by atoms with E-state index in [2.05, 4.69) is 15.9 Å². The molecule has 0 aliphatic heterocycles. The Kier molecular flexibility index (Phi) is 3.45. The average Bonchev–Trinajstić information content (AvgIpc) is 2.09. The standard InChI is InChI=1S/C9H9BrO3/c1-13-8(9(11)12)6-4-2-3-5-7(6)10/h2-5,8H,1H3,(H,11,12)/t8-/m0/s1. The molecule has 0 fully saturated rings. The van der Waals surface area contributed by atoms with E-state index in [-0.39, 0.29) is 0 Å². The molecule has 0 unspecified atom stereocenters. The number of methoxy groups -OCH3 is 1. The van der Waals surface area contributed by atoms with E-state index in [1.165, 1.54) is 7.11 Å². The number of ether oxygens (including phenoxy) is 1. The summed E-state index contributed by atoms with van der Waals surface area (Å²) in [6, 6.07) is 7.09. The number of aliphatic carboxylic acids is 1. The van der Waals surface area contributed by atoms with E-state index in [1.54, 1.807) is 18.2 Å². The fourth-order valence-corrected chi connectivity index (χ4v) is 1.54. The van der Waals surface area contributed by atoms with E-state index in [0.717, 1.165) is 4.47 Å². The molecule has 0 radical (unpaired) electrons. The van der Waals surface area contributed by atoms with Crippen molar-refractivity contribution in [3.63, 3.8) is 0 Å². The van der Waals surface area contributed by atoms with E-state index in [0.29, 0.717) is 5.56 Å². The fraction of sp³-hybridized carbons (Fsp3) is 0.222. The summed E-state index contributed by atoms with van der Waals surface area (Å²) in [4.78, 5) is 10.7. The van der Waals surface area contributed by atoms with Gasteiger partial charge >= 0.3 is 5.97 Å². The first-order chi connectivity index (χ1) is 6.16. The van der Waals surface area contributed by atoms with Crippen LogP contribution in [-0.4, -0.2) is 18.2 Å². The molecule has 3 nitrogen and oxygen atoms in total. The minimum absolute atomic E-state index is 0.623. The van der Waals surface area contributed by atoms with Crippen LogP contribution in [0.3, 0.4) is 0 Å². The second kappa shape index (κ2) is 4.39. The first-order valence-electron chi connectivity index (χ1n) is 3.67. The monoisotopic (exact) mass is 244 g/mol. The van der Waals surface area contributed by atoms with Crippen molar-refractivity contribution >= 4 is 21.9 Å². The molecule has 0 aromatic heterocycles. The van der Waals surface area contributed by atoms with Crippen LogP contribution in [0.2, 0.25) is 0 Å². The maximum absolute atomic E-state index is 10.7. The minimum atomic E-state index is -0.991. The molecule has 1 aromatic carbocycles. The largest absolute Gasteiger partial charge is 0.479 e. The van der Waals surface area contributed by atoms with Crippen LogP contribution in [0.1, 0.15) is 11.7 Å². The van der Waals surface area contributed by atoms with Gasteiger partial charge in [0.25, 0.3) is 0 Å². The Morgan fingerprint density at radius 1 is 1.54 bits per heavy atom. The van der Waals surface area contributed by atoms with Crippen molar-refractivity contribution in [3.8, 4) is 0 Å².